The molecule has 0 radical (unpaired) electrons. The Labute approximate surface area is 145 Å². The number of aryl methyl sites for hydroxylation is 1. The third kappa shape index (κ3) is 4.26. The van der Waals surface area contributed by atoms with Gasteiger partial charge in [0.25, 0.3) is 5.91 Å². The summed E-state index contributed by atoms with van der Waals surface area (Å²) >= 11 is 5.95. The molecule has 0 aliphatic rings. The third-order valence-corrected chi connectivity index (χ3v) is 3.64. The van der Waals surface area contributed by atoms with Gasteiger partial charge in [-0.3, -0.25) is 10.1 Å². The van der Waals surface area contributed by atoms with E-state index in [1.54, 1.807) is 51.6 Å². The third-order valence-electron chi connectivity index (χ3n) is 3.43. The number of amides is 3. The van der Waals surface area contributed by atoms with Crippen LogP contribution in [0.1, 0.15) is 16.2 Å². The molecule has 2 heterocycles. The minimum atomic E-state index is -0.325. The van der Waals surface area contributed by atoms with Crippen LogP contribution in [0.25, 0.3) is 0 Å². The number of halogens is 1. The van der Waals surface area contributed by atoms with Crippen LogP contribution in [-0.4, -0.2) is 52.4 Å². The van der Waals surface area contributed by atoms with Gasteiger partial charge in [-0.2, -0.15) is 0 Å². The first-order valence-electron chi connectivity index (χ1n) is 7.29. The summed E-state index contributed by atoms with van der Waals surface area (Å²) < 4.78 is 1.86. The Kier molecular flexibility index (Phi) is 5.46. The summed E-state index contributed by atoms with van der Waals surface area (Å²) in [6.45, 7) is 0.394. The van der Waals surface area contributed by atoms with Crippen molar-refractivity contribution in [3.8, 4) is 0 Å². The number of carbonyl (C=O) groups is 2. The van der Waals surface area contributed by atoms with Gasteiger partial charge in [0.2, 0.25) is 0 Å². The van der Waals surface area contributed by atoms with Gasteiger partial charge in [0.05, 0.1) is 11.6 Å². The van der Waals surface area contributed by atoms with Gasteiger partial charge in [-0.1, -0.05) is 17.7 Å². The Morgan fingerprint density at radius 3 is 2.58 bits per heavy atom. The normalized spacial score (nSPS) is 10.4. The van der Waals surface area contributed by atoms with E-state index in [-0.39, 0.29) is 17.6 Å². The van der Waals surface area contributed by atoms with E-state index in [4.69, 9.17) is 11.6 Å². The van der Waals surface area contributed by atoms with E-state index in [0.717, 1.165) is 5.69 Å². The van der Waals surface area contributed by atoms with Crippen molar-refractivity contribution in [1.82, 2.24) is 19.4 Å². The molecule has 2 aromatic heterocycles. The number of hydrogen-bond donors (Lipinski definition) is 1. The molecule has 0 aliphatic heterocycles. The fraction of sp³-hybridized carbons (Fsp3) is 0.312. The van der Waals surface area contributed by atoms with E-state index < -0.39 is 0 Å². The van der Waals surface area contributed by atoms with Crippen molar-refractivity contribution in [3.63, 3.8) is 0 Å². The van der Waals surface area contributed by atoms with Crippen LogP contribution in [-0.2, 0) is 13.6 Å². The molecule has 0 aliphatic carbocycles. The summed E-state index contributed by atoms with van der Waals surface area (Å²) in [5, 5.41) is 3.31. The second kappa shape index (κ2) is 7.35. The van der Waals surface area contributed by atoms with Crippen molar-refractivity contribution < 1.29 is 9.59 Å². The van der Waals surface area contributed by atoms with Crippen LogP contribution in [0.15, 0.2) is 30.5 Å². The molecule has 3 amide bonds. The number of nitrogens with zero attached hydrogens (tertiary/aromatic N) is 4. The molecule has 0 aromatic carbocycles. The van der Waals surface area contributed by atoms with E-state index in [1.165, 1.54) is 9.80 Å². The second-order valence-corrected chi connectivity index (χ2v) is 6.09. The maximum absolute atomic E-state index is 12.3. The van der Waals surface area contributed by atoms with Crippen molar-refractivity contribution in [2.75, 3.05) is 26.5 Å². The first kappa shape index (κ1) is 17.8. The summed E-state index contributed by atoms with van der Waals surface area (Å²) in [7, 11) is 6.83. The van der Waals surface area contributed by atoms with Gasteiger partial charge < -0.3 is 14.4 Å². The number of carbonyl (C=O) groups excluding carboxylic acids is 2. The van der Waals surface area contributed by atoms with Crippen molar-refractivity contribution in [3.05, 3.63) is 46.9 Å². The predicted octanol–water partition coefficient (Wildman–Crippen LogP) is 2.44. The smallest absolute Gasteiger partial charge is 0.323 e. The molecule has 24 heavy (non-hydrogen) atoms. The highest BCUT2D eigenvalue weighted by molar-refractivity contribution is 6.30. The molecule has 0 unspecified atom stereocenters. The maximum atomic E-state index is 12.3. The van der Waals surface area contributed by atoms with Gasteiger partial charge in [-0.25, -0.2) is 9.78 Å². The average Bonchev–Trinajstić information content (AvgIpc) is 2.84. The molecule has 0 bridgehead atoms. The number of anilines is 1. The number of aromatic nitrogens is 2. The van der Waals surface area contributed by atoms with Crippen LogP contribution in [0.4, 0.5) is 10.6 Å². The Hall–Kier alpha value is -2.54. The molecule has 2 rings (SSSR count). The minimum Gasteiger partial charge on any atom is -0.351 e. The zero-order chi connectivity index (χ0) is 17.9. The molecular weight excluding hydrogens is 330 g/mol. The number of pyridine rings is 1. The Bertz CT molecular complexity index is 757. The fourth-order valence-electron chi connectivity index (χ4n) is 2.10. The van der Waals surface area contributed by atoms with Gasteiger partial charge in [0, 0.05) is 40.1 Å². The van der Waals surface area contributed by atoms with Crippen molar-refractivity contribution in [2.24, 2.45) is 7.05 Å². The van der Waals surface area contributed by atoms with Gasteiger partial charge in [0.1, 0.15) is 11.5 Å². The van der Waals surface area contributed by atoms with Gasteiger partial charge in [-0.05, 0) is 18.2 Å². The highest BCUT2D eigenvalue weighted by Crippen LogP contribution is 2.15. The molecule has 0 saturated carbocycles. The highest BCUT2D eigenvalue weighted by Gasteiger charge is 2.14. The van der Waals surface area contributed by atoms with E-state index in [2.05, 4.69) is 10.3 Å². The number of urea groups is 1. The number of rotatable bonds is 4. The molecule has 0 spiro atoms. The van der Waals surface area contributed by atoms with E-state index >= 15 is 0 Å². The molecular formula is C16H20ClN5O2. The molecule has 2 aromatic rings. The fourth-order valence-corrected chi connectivity index (χ4v) is 2.37. The number of hydrogen-bond acceptors (Lipinski definition) is 3. The lowest BCUT2D eigenvalue weighted by atomic mass is 10.3. The second-order valence-electron chi connectivity index (χ2n) is 5.65. The quantitative estimate of drug-likeness (QED) is 0.921. The van der Waals surface area contributed by atoms with Crippen LogP contribution >= 0.6 is 11.6 Å². The topological polar surface area (TPSA) is 70.5 Å². The molecule has 0 fully saturated rings. The molecule has 0 atom stereocenters. The van der Waals surface area contributed by atoms with E-state index in [1.807, 2.05) is 11.6 Å². The Morgan fingerprint density at radius 2 is 2.00 bits per heavy atom. The SMILES string of the molecule is CN(C)C(=O)c1cccc(NC(=O)N(C)Cc2cc(Cl)cn2C)n1. The summed E-state index contributed by atoms with van der Waals surface area (Å²) in [5.74, 6) is 0.0994. The monoisotopic (exact) mass is 349 g/mol. The minimum absolute atomic E-state index is 0.224. The molecule has 0 saturated heterocycles. The average molecular weight is 350 g/mol. The van der Waals surface area contributed by atoms with E-state index in [0.29, 0.717) is 17.4 Å². The van der Waals surface area contributed by atoms with Gasteiger partial charge in [0.15, 0.2) is 0 Å². The first-order chi connectivity index (χ1) is 11.3. The highest BCUT2D eigenvalue weighted by atomic mass is 35.5. The first-order valence-corrected chi connectivity index (χ1v) is 7.67. The van der Waals surface area contributed by atoms with Crippen LogP contribution in [0, 0.1) is 0 Å². The Morgan fingerprint density at radius 1 is 1.29 bits per heavy atom. The van der Waals surface area contributed by atoms with Gasteiger partial charge >= 0.3 is 6.03 Å². The molecule has 8 heteroatoms. The lowest BCUT2D eigenvalue weighted by Gasteiger charge is -2.18. The maximum Gasteiger partial charge on any atom is 0.323 e. The molecule has 7 nitrogen and oxygen atoms in total. The van der Waals surface area contributed by atoms with Crippen LogP contribution < -0.4 is 5.32 Å². The molecule has 1 N–H and O–H groups in total. The largest absolute Gasteiger partial charge is 0.351 e. The van der Waals surface area contributed by atoms with Gasteiger partial charge in [-0.15, -0.1) is 0 Å². The van der Waals surface area contributed by atoms with Crippen molar-refractivity contribution in [1.29, 1.82) is 0 Å². The standard InChI is InChI=1S/C16H20ClN5O2/c1-20(2)15(23)13-6-5-7-14(18-13)19-16(24)22(4)10-12-8-11(17)9-21(12)3/h5-9H,10H2,1-4H3,(H,18,19,24). The summed E-state index contributed by atoms with van der Waals surface area (Å²) in [5.41, 5.74) is 1.18. The number of nitrogens with one attached hydrogen (secondary N) is 1. The Balaban J connectivity index is 2.05. The van der Waals surface area contributed by atoms with Crippen LogP contribution in [0.5, 0.6) is 0 Å². The van der Waals surface area contributed by atoms with E-state index in [9.17, 15) is 9.59 Å². The zero-order valence-electron chi connectivity index (χ0n) is 14.1. The summed E-state index contributed by atoms with van der Waals surface area (Å²) in [6, 6.07) is 6.40. The zero-order valence-corrected chi connectivity index (χ0v) is 14.8. The van der Waals surface area contributed by atoms with Crippen molar-refractivity contribution >= 4 is 29.4 Å². The molecule has 128 valence electrons. The summed E-state index contributed by atoms with van der Waals surface area (Å²) in [6.07, 6.45) is 1.78. The lowest BCUT2D eigenvalue weighted by Crippen LogP contribution is -2.32. The van der Waals surface area contributed by atoms with Crippen LogP contribution in [0.3, 0.4) is 0 Å². The lowest BCUT2D eigenvalue weighted by molar-refractivity contribution is 0.0822. The predicted molar refractivity (Wildman–Crippen MR) is 93.2 cm³/mol. The van der Waals surface area contributed by atoms with Crippen molar-refractivity contribution in [2.45, 2.75) is 6.54 Å². The summed E-state index contributed by atoms with van der Waals surface area (Å²) in [4.78, 5) is 31.3. The van der Waals surface area contributed by atoms with Crippen LogP contribution in [0.2, 0.25) is 5.02 Å².